The van der Waals surface area contributed by atoms with E-state index in [0.717, 1.165) is 13.2 Å². The first-order chi connectivity index (χ1) is 8.35. The summed E-state index contributed by atoms with van der Waals surface area (Å²) in [6.07, 6.45) is 2.27. The molecule has 5 heteroatoms. The third-order valence-electron chi connectivity index (χ3n) is 2.71. The highest BCUT2D eigenvalue weighted by Crippen LogP contribution is 2.43. The van der Waals surface area contributed by atoms with Crippen LogP contribution in [0.2, 0.25) is 0 Å². The van der Waals surface area contributed by atoms with Gasteiger partial charge >= 0.3 is 0 Å². The fourth-order valence-corrected chi connectivity index (χ4v) is 5.73. The van der Waals surface area contributed by atoms with Crippen LogP contribution in [0.15, 0.2) is 0 Å². The van der Waals surface area contributed by atoms with Crippen LogP contribution in [-0.4, -0.2) is 72.7 Å². The van der Waals surface area contributed by atoms with E-state index in [2.05, 4.69) is 26.7 Å². The zero-order valence-electron chi connectivity index (χ0n) is 13.0. The lowest BCUT2D eigenvalue weighted by atomic mass is 9.95. The lowest BCUT2D eigenvalue weighted by molar-refractivity contribution is -0.135. The summed E-state index contributed by atoms with van der Waals surface area (Å²) in [7, 11) is 3.56. The van der Waals surface area contributed by atoms with E-state index in [1.165, 1.54) is 12.3 Å². The van der Waals surface area contributed by atoms with Gasteiger partial charge in [0.2, 0.25) is 0 Å². The van der Waals surface area contributed by atoms with E-state index in [9.17, 15) is 0 Å². The van der Waals surface area contributed by atoms with Gasteiger partial charge in [0.25, 0.3) is 0 Å². The lowest BCUT2D eigenvalue weighted by Crippen LogP contribution is -2.39. The van der Waals surface area contributed by atoms with Crippen LogP contribution in [0.3, 0.4) is 0 Å². The van der Waals surface area contributed by atoms with E-state index < -0.39 is 0 Å². The second-order valence-corrected chi connectivity index (χ2v) is 10.5. The zero-order chi connectivity index (χ0) is 14.2. The molecule has 0 spiro atoms. The van der Waals surface area contributed by atoms with Gasteiger partial charge in [-0.3, -0.25) is 0 Å². The van der Waals surface area contributed by atoms with E-state index in [4.69, 9.17) is 14.2 Å². The predicted octanol–water partition coefficient (Wildman–Crippen LogP) is 3.11. The third-order valence-corrected chi connectivity index (χ3v) is 5.32. The molecule has 0 heterocycles. The monoisotopic (exact) mass is 296 g/mol. The Bertz CT molecular complexity index is 200. The summed E-state index contributed by atoms with van der Waals surface area (Å²) in [5.74, 6) is 0. The average molecular weight is 296 g/mol. The molecule has 18 heavy (non-hydrogen) atoms. The standard InChI is InChI=1S/C13H30O3P2/c1-12(15-3)16-9-13(8-14-2,10-17(4)5)11-18(6)7/h12H,8-11H2,1-7H3. The zero-order valence-corrected chi connectivity index (χ0v) is 14.8. The van der Waals surface area contributed by atoms with Gasteiger partial charge in [0.15, 0.2) is 6.29 Å². The summed E-state index contributed by atoms with van der Waals surface area (Å²) >= 11 is 0. The molecule has 0 saturated heterocycles. The van der Waals surface area contributed by atoms with Gasteiger partial charge in [0, 0.05) is 19.6 Å². The maximum Gasteiger partial charge on any atom is 0.154 e. The largest absolute Gasteiger partial charge is 0.384 e. The van der Waals surface area contributed by atoms with E-state index in [1.807, 2.05) is 6.92 Å². The summed E-state index contributed by atoms with van der Waals surface area (Å²) in [5, 5.41) is 0. The van der Waals surface area contributed by atoms with Gasteiger partial charge in [0.1, 0.15) is 0 Å². The SMILES string of the molecule is COCC(COC(C)OC)(CP(C)C)CP(C)C. The number of hydrogen-bond acceptors (Lipinski definition) is 3. The van der Waals surface area contributed by atoms with Crippen LogP contribution in [0.5, 0.6) is 0 Å². The van der Waals surface area contributed by atoms with Crippen molar-refractivity contribution in [2.45, 2.75) is 13.2 Å². The minimum atomic E-state index is -0.138. The van der Waals surface area contributed by atoms with Crippen molar-refractivity contribution in [3.8, 4) is 0 Å². The van der Waals surface area contributed by atoms with Crippen LogP contribution in [0.1, 0.15) is 6.92 Å². The quantitative estimate of drug-likeness (QED) is 0.458. The molecule has 0 amide bonds. The number of rotatable bonds is 10. The van der Waals surface area contributed by atoms with Gasteiger partial charge in [-0.15, -0.1) is 15.8 Å². The smallest absolute Gasteiger partial charge is 0.154 e. The van der Waals surface area contributed by atoms with Gasteiger partial charge in [-0.05, 0) is 45.9 Å². The molecule has 110 valence electrons. The molecule has 0 bridgehead atoms. The highest BCUT2D eigenvalue weighted by Gasteiger charge is 2.33. The summed E-state index contributed by atoms with van der Waals surface area (Å²) in [6, 6.07) is 0. The van der Waals surface area contributed by atoms with Crippen molar-refractivity contribution >= 4 is 15.8 Å². The first-order valence-corrected chi connectivity index (χ1v) is 11.1. The van der Waals surface area contributed by atoms with Crippen LogP contribution in [0, 0.1) is 5.41 Å². The van der Waals surface area contributed by atoms with Crippen LogP contribution in [-0.2, 0) is 14.2 Å². The van der Waals surface area contributed by atoms with Crippen LogP contribution < -0.4 is 0 Å². The first kappa shape index (κ1) is 18.7. The molecule has 0 fully saturated rings. The average Bonchev–Trinajstić information content (AvgIpc) is 2.24. The van der Waals surface area contributed by atoms with Gasteiger partial charge in [-0.25, -0.2) is 0 Å². The molecular formula is C13H30O3P2. The van der Waals surface area contributed by atoms with Crippen LogP contribution >= 0.6 is 15.8 Å². The predicted molar refractivity (Wildman–Crippen MR) is 84.0 cm³/mol. The molecule has 0 aliphatic rings. The topological polar surface area (TPSA) is 27.7 Å². The van der Waals surface area contributed by atoms with Crippen molar-refractivity contribution < 1.29 is 14.2 Å². The molecular weight excluding hydrogens is 266 g/mol. The van der Waals surface area contributed by atoms with Crippen molar-refractivity contribution in [2.75, 3.05) is 66.4 Å². The van der Waals surface area contributed by atoms with Gasteiger partial charge in [-0.1, -0.05) is 0 Å². The summed E-state index contributed by atoms with van der Waals surface area (Å²) in [6.45, 7) is 12.8. The van der Waals surface area contributed by atoms with Gasteiger partial charge < -0.3 is 14.2 Å². The van der Waals surface area contributed by atoms with Crippen molar-refractivity contribution in [3.63, 3.8) is 0 Å². The number of ether oxygens (including phenoxy) is 3. The Hall–Kier alpha value is 0.740. The van der Waals surface area contributed by atoms with Crippen molar-refractivity contribution in [3.05, 3.63) is 0 Å². The molecule has 0 saturated carbocycles. The Morgan fingerprint density at radius 1 is 0.944 bits per heavy atom. The fraction of sp³-hybridized carbons (Fsp3) is 1.00. The molecule has 0 radical (unpaired) electrons. The molecule has 0 aliphatic heterocycles. The molecule has 0 aromatic carbocycles. The summed E-state index contributed by atoms with van der Waals surface area (Å²) in [4.78, 5) is 0. The Morgan fingerprint density at radius 2 is 1.44 bits per heavy atom. The normalized spacial score (nSPS) is 14.5. The first-order valence-electron chi connectivity index (χ1n) is 6.28. The molecule has 0 rings (SSSR count). The van der Waals surface area contributed by atoms with Crippen molar-refractivity contribution in [1.82, 2.24) is 0 Å². The van der Waals surface area contributed by atoms with E-state index in [-0.39, 0.29) is 27.5 Å². The van der Waals surface area contributed by atoms with Crippen LogP contribution in [0.4, 0.5) is 0 Å². The minimum absolute atomic E-state index is 0.0439. The maximum absolute atomic E-state index is 5.83. The Kier molecular flexibility index (Phi) is 10.0. The third kappa shape index (κ3) is 8.02. The minimum Gasteiger partial charge on any atom is -0.384 e. The molecule has 0 N–H and O–H groups in total. The summed E-state index contributed by atoms with van der Waals surface area (Å²) < 4.78 is 16.5. The second kappa shape index (κ2) is 9.61. The fourth-order valence-electron chi connectivity index (χ4n) is 2.28. The van der Waals surface area contributed by atoms with E-state index in [0.29, 0.717) is 0 Å². The Labute approximate surface area is 115 Å². The van der Waals surface area contributed by atoms with Gasteiger partial charge in [-0.2, -0.15) is 0 Å². The molecule has 1 atom stereocenters. The lowest BCUT2D eigenvalue weighted by Gasteiger charge is -2.36. The molecule has 3 nitrogen and oxygen atoms in total. The van der Waals surface area contributed by atoms with Crippen molar-refractivity contribution in [1.29, 1.82) is 0 Å². The highest BCUT2D eigenvalue weighted by molar-refractivity contribution is 7.57. The van der Waals surface area contributed by atoms with E-state index >= 15 is 0 Å². The molecule has 0 aromatic rings. The summed E-state index contributed by atoms with van der Waals surface area (Å²) in [5.41, 5.74) is 0.159. The highest BCUT2D eigenvalue weighted by atomic mass is 31.1. The van der Waals surface area contributed by atoms with Crippen LogP contribution in [0.25, 0.3) is 0 Å². The second-order valence-electron chi connectivity index (χ2n) is 5.52. The molecule has 0 aromatic heterocycles. The van der Waals surface area contributed by atoms with Crippen molar-refractivity contribution in [2.24, 2.45) is 5.41 Å². The maximum atomic E-state index is 5.83. The van der Waals surface area contributed by atoms with E-state index in [1.54, 1.807) is 14.2 Å². The van der Waals surface area contributed by atoms with Gasteiger partial charge in [0.05, 0.1) is 13.2 Å². The Balaban J connectivity index is 4.69. The Morgan fingerprint density at radius 3 is 1.78 bits per heavy atom. The number of methoxy groups -OCH3 is 2. The number of hydrogen-bond donors (Lipinski definition) is 0. The molecule has 1 unspecified atom stereocenters. The molecule has 0 aliphatic carbocycles.